The second-order valence-corrected chi connectivity index (χ2v) is 10.9. The molecule has 1 aromatic carbocycles. The Balaban J connectivity index is 1.58. The first-order valence-electron chi connectivity index (χ1n) is 11.8. The standard InChI is InChI=1S/C28H38O4/c1-19(9-10-21-17-22(30-7)16-20(2)24(21)29)15-23-18-26(5)11-8-12-27(26,6)28(31-23)14-13-25(3,4)32-28/h9,13-14,16-18,29H,8,10-12,15H2,1-7H3/b19-9+/t26-,27-,28-/m0/s1. The highest BCUT2D eigenvalue weighted by molar-refractivity contribution is 5.46. The van der Waals surface area contributed by atoms with Crippen molar-refractivity contribution in [2.45, 2.75) is 85.0 Å². The molecule has 1 fully saturated rings. The van der Waals surface area contributed by atoms with E-state index >= 15 is 0 Å². The minimum absolute atomic E-state index is 0.0355. The second-order valence-electron chi connectivity index (χ2n) is 10.9. The van der Waals surface area contributed by atoms with Gasteiger partial charge in [-0.3, -0.25) is 0 Å². The van der Waals surface area contributed by atoms with Crippen molar-refractivity contribution < 1.29 is 19.3 Å². The molecule has 1 aliphatic carbocycles. The summed E-state index contributed by atoms with van der Waals surface area (Å²) in [7, 11) is 1.65. The number of hydrogen-bond donors (Lipinski definition) is 1. The normalized spacial score (nSPS) is 33.2. The molecule has 1 N–H and O–H groups in total. The van der Waals surface area contributed by atoms with Crippen LogP contribution in [0, 0.1) is 17.8 Å². The summed E-state index contributed by atoms with van der Waals surface area (Å²) in [6, 6.07) is 3.76. The van der Waals surface area contributed by atoms with Gasteiger partial charge in [0, 0.05) is 22.8 Å². The molecule has 0 bridgehead atoms. The quantitative estimate of drug-likeness (QED) is 0.516. The SMILES string of the molecule is COc1cc(C)c(O)c(C/C=C(\C)CC2=C[C@]3(C)CCC[C@]3(C)[C@@]3(C=CC(C)(C)O3)O2)c1. The van der Waals surface area contributed by atoms with Crippen molar-refractivity contribution in [3.63, 3.8) is 0 Å². The lowest BCUT2D eigenvalue weighted by atomic mass is 9.61. The van der Waals surface area contributed by atoms with Crippen LogP contribution in [-0.2, 0) is 15.9 Å². The highest BCUT2D eigenvalue weighted by atomic mass is 16.7. The van der Waals surface area contributed by atoms with Crippen LogP contribution >= 0.6 is 0 Å². The van der Waals surface area contributed by atoms with Crippen molar-refractivity contribution in [3.05, 3.63) is 58.9 Å². The third-order valence-electron chi connectivity index (χ3n) is 8.00. The molecule has 1 aromatic rings. The molecule has 4 heteroatoms. The number of methoxy groups -OCH3 is 1. The average molecular weight is 439 g/mol. The monoisotopic (exact) mass is 438 g/mol. The zero-order chi connectivity index (χ0) is 23.4. The van der Waals surface area contributed by atoms with Crippen LogP contribution in [-0.4, -0.2) is 23.6 Å². The molecular weight excluding hydrogens is 400 g/mol. The number of allylic oxidation sites excluding steroid dienone is 3. The largest absolute Gasteiger partial charge is 0.507 e. The molecule has 174 valence electrons. The maximum Gasteiger partial charge on any atom is 0.236 e. The minimum atomic E-state index is -0.714. The lowest BCUT2D eigenvalue weighted by Gasteiger charge is -2.54. The highest BCUT2D eigenvalue weighted by Crippen LogP contribution is 2.66. The van der Waals surface area contributed by atoms with Crippen LogP contribution in [0.1, 0.15) is 71.4 Å². The minimum Gasteiger partial charge on any atom is -0.507 e. The van der Waals surface area contributed by atoms with Gasteiger partial charge in [-0.15, -0.1) is 0 Å². The van der Waals surface area contributed by atoms with Gasteiger partial charge in [0.1, 0.15) is 17.3 Å². The van der Waals surface area contributed by atoms with E-state index in [4.69, 9.17) is 14.2 Å². The van der Waals surface area contributed by atoms with Crippen molar-refractivity contribution in [2.75, 3.05) is 7.11 Å². The predicted molar refractivity (Wildman–Crippen MR) is 128 cm³/mol. The van der Waals surface area contributed by atoms with E-state index in [0.29, 0.717) is 12.2 Å². The lowest BCUT2D eigenvalue weighted by Crippen LogP contribution is -2.57. The molecular formula is C28H38O4. The summed E-state index contributed by atoms with van der Waals surface area (Å²) in [5, 5.41) is 10.5. The number of rotatable bonds is 5. The Morgan fingerprint density at radius 2 is 1.91 bits per heavy atom. The Labute approximate surface area is 193 Å². The predicted octanol–water partition coefficient (Wildman–Crippen LogP) is 6.76. The fourth-order valence-corrected chi connectivity index (χ4v) is 5.80. The zero-order valence-corrected chi connectivity index (χ0v) is 20.7. The molecule has 0 radical (unpaired) electrons. The van der Waals surface area contributed by atoms with E-state index in [2.05, 4.69) is 58.9 Å². The van der Waals surface area contributed by atoms with E-state index in [1.54, 1.807) is 7.11 Å². The van der Waals surface area contributed by atoms with E-state index in [-0.39, 0.29) is 16.4 Å². The number of fused-ring (bicyclic) bond motifs is 2. The highest BCUT2D eigenvalue weighted by Gasteiger charge is 2.66. The van der Waals surface area contributed by atoms with E-state index in [9.17, 15) is 5.11 Å². The Morgan fingerprint density at radius 1 is 1.16 bits per heavy atom. The summed E-state index contributed by atoms with van der Waals surface area (Å²) in [6.07, 6.45) is 13.6. The van der Waals surface area contributed by atoms with Gasteiger partial charge in [-0.25, -0.2) is 0 Å². The smallest absolute Gasteiger partial charge is 0.236 e. The van der Waals surface area contributed by atoms with Gasteiger partial charge in [-0.2, -0.15) is 0 Å². The van der Waals surface area contributed by atoms with E-state index < -0.39 is 5.79 Å². The fourth-order valence-electron chi connectivity index (χ4n) is 5.80. The number of phenolic OH excluding ortho intramolecular Hbond substituents is 1. The van der Waals surface area contributed by atoms with Crippen molar-refractivity contribution in [3.8, 4) is 11.5 Å². The van der Waals surface area contributed by atoms with Crippen LogP contribution in [0.4, 0.5) is 0 Å². The van der Waals surface area contributed by atoms with Gasteiger partial charge in [0.25, 0.3) is 0 Å². The molecule has 0 aromatic heterocycles. The molecule has 0 saturated heterocycles. The molecule has 1 saturated carbocycles. The van der Waals surface area contributed by atoms with Crippen molar-refractivity contribution in [2.24, 2.45) is 10.8 Å². The van der Waals surface area contributed by atoms with Crippen molar-refractivity contribution in [1.82, 2.24) is 0 Å². The molecule has 4 nitrogen and oxygen atoms in total. The molecule has 32 heavy (non-hydrogen) atoms. The number of benzene rings is 1. The Bertz CT molecular complexity index is 1000. The Kier molecular flexibility index (Phi) is 5.52. The van der Waals surface area contributed by atoms with Crippen LogP contribution < -0.4 is 4.74 Å². The summed E-state index contributed by atoms with van der Waals surface area (Å²) >= 11 is 0. The van der Waals surface area contributed by atoms with Gasteiger partial charge < -0.3 is 19.3 Å². The summed E-state index contributed by atoms with van der Waals surface area (Å²) in [6.45, 7) is 12.9. The topological polar surface area (TPSA) is 47.9 Å². The van der Waals surface area contributed by atoms with E-state index in [1.807, 2.05) is 19.1 Å². The number of aromatic hydroxyl groups is 1. The lowest BCUT2D eigenvalue weighted by molar-refractivity contribution is -0.292. The number of hydrogen-bond acceptors (Lipinski definition) is 4. The van der Waals surface area contributed by atoms with Crippen LogP contribution in [0.3, 0.4) is 0 Å². The van der Waals surface area contributed by atoms with Crippen LogP contribution in [0.25, 0.3) is 0 Å². The molecule has 4 rings (SSSR count). The van der Waals surface area contributed by atoms with Gasteiger partial charge in [-0.05, 0) is 76.8 Å². The maximum atomic E-state index is 10.5. The molecule has 1 spiro atoms. The third-order valence-corrected chi connectivity index (χ3v) is 8.00. The number of ether oxygens (including phenoxy) is 3. The van der Waals surface area contributed by atoms with Crippen LogP contribution in [0.15, 0.2) is 47.8 Å². The summed E-state index contributed by atoms with van der Waals surface area (Å²) in [5.74, 6) is 1.37. The fraction of sp³-hybridized carbons (Fsp3) is 0.571. The molecule has 0 amide bonds. The van der Waals surface area contributed by atoms with Crippen LogP contribution in [0.2, 0.25) is 0 Å². The Morgan fingerprint density at radius 3 is 2.56 bits per heavy atom. The van der Waals surface area contributed by atoms with Gasteiger partial charge >= 0.3 is 0 Å². The van der Waals surface area contributed by atoms with Gasteiger partial charge in [0.15, 0.2) is 0 Å². The van der Waals surface area contributed by atoms with Gasteiger partial charge in [0.05, 0.1) is 12.7 Å². The summed E-state index contributed by atoms with van der Waals surface area (Å²) in [5.41, 5.74) is 2.52. The summed E-state index contributed by atoms with van der Waals surface area (Å²) < 4.78 is 18.7. The molecule has 0 unspecified atom stereocenters. The van der Waals surface area contributed by atoms with Gasteiger partial charge in [0.2, 0.25) is 5.79 Å². The summed E-state index contributed by atoms with van der Waals surface area (Å²) in [4.78, 5) is 0. The molecule has 2 aliphatic heterocycles. The Hall–Kier alpha value is -2.20. The molecule has 3 atom stereocenters. The van der Waals surface area contributed by atoms with Crippen molar-refractivity contribution in [1.29, 1.82) is 0 Å². The molecule has 3 aliphatic rings. The molecule has 2 heterocycles. The average Bonchev–Trinajstić information content (AvgIpc) is 3.20. The maximum absolute atomic E-state index is 10.5. The number of aryl methyl sites for hydroxylation is 1. The van der Waals surface area contributed by atoms with Crippen LogP contribution in [0.5, 0.6) is 11.5 Å². The van der Waals surface area contributed by atoms with E-state index in [0.717, 1.165) is 41.9 Å². The first-order valence-corrected chi connectivity index (χ1v) is 11.8. The third kappa shape index (κ3) is 3.67. The van der Waals surface area contributed by atoms with E-state index in [1.165, 1.54) is 12.0 Å². The zero-order valence-electron chi connectivity index (χ0n) is 20.7. The second kappa shape index (κ2) is 7.69. The van der Waals surface area contributed by atoms with Crippen molar-refractivity contribution >= 4 is 0 Å². The number of phenols is 1. The van der Waals surface area contributed by atoms with Gasteiger partial charge in [-0.1, -0.05) is 38.0 Å². The first kappa shape index (κ1) is 23.0. The first-order chi connectivity index (χ1) is 14.9.